The van der Waals surface area contributed by atoms with E-state index in [0.29, 0.717) is 6.54 Å². The fourth-order valence-electron chi connectivity index (χ4n) is 3.79. The van der Waals surface area contributed by atoms with Crippen molar-refractivity contribution in [3.05, 3.63) is 69.7 Å². The van der Waals surface area contributed by atoms with Gasteiger partial charge in [-0.1, -0.05) is 45.7 Å². The minimum absolute atomic E-state index is 0.288. The maximum atomic E-state index is 10.5. The molecule has 0 saturated carbocycles. The van der Waals surface area contributed by atoms with Crippen molar-refractivity contribution in [3.8, 4) is 5.75 Å². The van der Waals surface area contributed by atoms with Gasteiger partial charge in [-0.25, -0.2) is 0 Å². The van der Waals surface area contributed by atoms with Crippen LogP contribution in [-0.4, -0.2) is 55.4 Å². The molecule has 0 amide bonds. The molecule has 0 bridgehead atoms. The van der Waals surface area contributed by atoms with Crippen molar-refractivity contribution in [2.45, 2.75) is 13.0 Å². The Labute approximate surface area is 191 Å². The third-order valence-corrected chi connectivity index (χ3v) is 6.48. The highest BCUT2D eigenvalue weighted by molar-refractivity contribution is 9.10. The smallest absolute Gasteiger partial charge is 0.120 e. The summed E-state index contributed by atoms with van der Waals surface area (Å²) >= 11 is 9.76. The van der Waals surface area contributed by atoms with Crippen LogP contribution >= 0.6 is 27.5 Å². The second-order valence-electron chi connectivity index (χ2n) is 7.84. The highest BCUT2D eigenvalue weighted by Crippen LogP contribution is 2.25. The van der Waals surface area contributed by atoms with Crippen LogP contribution in [0.4, 0.5) is 5.69 Å². The molecule has 1 aliphatic rings. The van der Waals surface area contributed by atoms with Gasteiger partial charge in [-0.15, -0.1) is 0 Å². The molecule has 4 nitrogen and oxygen atoms in total. The lowest BCUT2D eigenvalue weighted by atomic mass is 10.1. The quantitative estimate of drug-likeness (QED) is 0.521. The van der Waals surface area contributed by atoms with Crippen LogP contribution in [0, 0.1) is 6.92 Å². The van der Waals surface area contributed by atoms with Crippen molar-refractivity contribution in [2.75, 3.05) is 44.2 Å². The largest absolute Gasteiger partial charge is 0.491 e. The zero-order valence-electron chi connectivity index (χ0n) is 17.0. The van der Waals surface area contributed by atoms with Gasteiger partial charge >= 0.3 is 0 Å². The van der Waals surface area contributed by atoms with Crippen molar-refractivity contribution in [2.24, 2.45) is 0 Å². The number of benzene rings is 3. The number of piperazine rings is 1. The Balaban J connectivity index is 1.25. The topological polar surface area (TPSA) is 35.9 Å². The predicted octanol–water partition coefficient (Wildman–Crippen LogP) is 5.13. The highest BCUT2D eigenvalue weighted by atomic mass is 79.9. The molecule has 1 fully saturated rings. The number of fused-ring (bicyclic) bond motifs is 1. The SMILES string of the molecule is Cc1ccc(N2CCN(CC(O)COc3ccc4cc(Br)ccc4c3)CC2)cc1Cl. The molecule has 1 unspecified atom stereocenters. The van der Waals surface area contributed by atoms with Gasteiger partial charge in [0.15, 0.2) is 0 Å². The predicted molar refractivity (Wildman–Crippen MR) is 128 cm³/mol. The first kappa shape index (κ1) is 21.4. The van der Waals surface area contributed by atoms with Gasteiger partial charge in [0.1, 0.15) is 18.5 Å². The van der Waals surface area contributed by atoms with E-state index >= 15 is 0 Å². The molecule has 3 aromatic carbocycles. The Bertz CT molecular complexity index is 1020. The van der Waals surface area contributed by atoms with E-state index in [9.17, 15) is 5.11 Å². The molecule has 0 aliphatic carbocycles. The molecule has 1 saturated heterocycles. The van der Waals surface area contributed by atoms with Crippen LogP contribution in [0.3, 0.4) is 0 Å². The second kappa shape index (κ2) is 9.56. The second-order valence-corrected chi connectivity index (χ2v) is 9.16. The van der Waals surface area contributed by atoms with Gasteiger partial charge < -0.3 is 14.7 Å². The molecule has 6 heteroatoms. The summed E-state index contributed by atoms with van der Waals surface area (Å²) < 4.78 is 6.91. The Morgan fingerprint density at radius 1 is 1.00 bits per heavy atom. The summed E-state index contributed by atoms with van der Waals surface area (Å²) in [5.74, 6) is 0.782. The van der Waals surface area contributed by atoms with E-state index in [4.69, 9.17) is 16.3 Å². The number of hydrogen-bond acceptors (Lipinski definition) is 4. The summed E-state index contributed by atoms with van der Waals surface area (Å²) in [4.78, 5) is 4.64. The molecular formula is C24H26BrClN2O2. The lowest BCUT2D eigenvalue weighted by Crippen LogP contribution is -2.49. The van der Waals surface area contributed by atoms with Gasteiger partial charge in [0.05, 0.1) is 0 Å². The summed E-state index contributed by atoms with van der Waals surface area (Å²) in [5, 5.41) is 13.5. The number of hydrogen-bond donors (Lipinski definition) is 1. The number of aliphatic hydroxyl groups is 1. The average molecular weight is 490 g/mol. The first-order valence-corrected chi connectivity index (χ1v) is 11.4. The summed E-state index contributed by atoms with van der Waals surface area (Å²) in [7, 11) is 0. The molecule has 3 aromatic rings. The van der Waals surface area contributed by atoms with Crippen LogP contribution in [-0.2, 0) is 0 Å². The fourth-order valence-corrected chi connectivity index (χ4v) is 4.35. The Morgan fingerprint density at radius 2 is 1.73 bits per heavy atom. The Kier molecular flexibility index (Phi) is 6.84. The number of ether oxygens (including phenoxy) is 1. The van der Waals surface area contributed by atoms with Gasteiger partial charge in [0.2, 0.25) is 0 Å². The maximum absolute atomic E-state index is 10.5. The van der Waals surface area contributed by atoms with Crippen molar-refractivity contribution in [1.29, 1.82) is 0 Å². The van der Waals surface area contributed by atoms with Crippen molar-refractivity contribution >= 4 is 44.0 Å². The Hall–Kier alpha value is -1.79. The van der Waals surface area contributed by atoms with Gasteiger partial charge in [0, 0.05) is 47.9 Å². The van der Waals surface area contributed by atoms with Crippen LogP contribution in [0.2, 0.25) is 5.02 Å². The summed E-state index contributed by atoms with van der Waals surface area (Å²) in [5.41, 5.74) is 2.26. The maximum Gasteiger partial charge on any atom is 0.120 e. The molecule has 1 atom stereocenters. The van der Waals surface area contributed by atoms with Crippen molar-refractivity contribution < 1.29 is 9.84 Å². The van der Waals surface area contributed by atoms with E-state index in [-0.39, 0.29) is 6.61 Å². The third-order valence-electron chi connectivity index (χ3n) is 5.58. The molecule has 1 heterocycles. The molecular weight excluding hydrogens is 464 g/mol. The molecule has 1 N–H and O–H groups in total. The zero-order valence-corrected chi connectivity index (χ0v) is 19.4. The number of nitrogens with zero attached hydrogens (tertiary/aromatic N) is 2. The monoisotopic (exact) mass is 488 g/mol. The third kappa shape index (κ3) is 5.27. The number of anilines is 1. The number of halogens is 2. The molecule has 0 aromatic heterocycles. The number of aryl methyl sites for hydroxylation is 1. The van der Waals surface area contributed by atoms with Crippen LogP contribution in [0.1, 0.15) is 5.56 Å². The van der Waals surface area contributed by atoms with Crippen molar-refractivity contribution in [3.63, 3.8) is 0 Å². The number of β-amino-alcohol motifs (C(OH)–C–C–N with tert-alkyl or cyclic N) is 1. The van der Waals surface area contributed by atoms with Crippen LogP contribution in [0.15, 0.2) is 59.1 Å². The average Bonchev–Trinajstić information content (AvgIpc) is 2.75. The van der Waals surface area contributed by atoms with E-state index < -0.39 is 6.10 Å². The lowest BCUT2D eigenvalue weighted by Gasteiger charge is -2.37. The van der Waals surface area contributed by atoms with Gasteiger partial charge in [-0.05, 0) is 59.7 Å². The van der Waals surface area contributed by atoms with E-state index in [0.717, 1.165) is 63.4 Å². The molecule has 1 aliphatic heterocycles. The number of rotatable bonds is 6. The number of aliphatic hydroxyl groups excluding tert-OH is 1. The fraction of sp³-hybridized carbons (Fsp3) is 0.333. The Morgan fingerprint density at radius 3 is 2.50 bits per heavy atom. The molecule has 0 spiro atoms. The van der Waals surface area contributed by atoms with E-state index in [1.165, 1.54) is 0 Å². The van der Waals surface area contributed by atoms with Gasteiger partial charge in [0.25, 0.3) is 0 Å². The van der Waals surface area contributed by atoms with Crippen LogP contribution < -0.4 is 9.64 Å². The first-order chi connectivity index (χ1) is 14.5. The minimum atomic E-state index is -0.522. The zero-order chi connectivity index (χ0) is 21.1. The lowest BCUT2D eigenvalue weighted by molar-refractivity contribution is 0.0663. The van der Waals surface area contributed by atoms with Crippen LogP contribution in [0.5, 0.6) is 5.75 Å². The first-order valence-electron chi connectivity index (χ1n) is 10.2. The molecule has 30 heavy (non-hydrogen) atoms. The summed E-state index contributed by atoms with van der Waals surface area (Å²) in [6.07, 6.45) is -0.522. The van der Waals surface area contributed by atoms with E-state index in [2.05, 4.69) is 50.0 Å². The van der Waals surface area contributed by atoms with Crippen molar-refractivity contribution in [1.82, 2.24) is 4.90 Å². The highest BCUT2D eigenvalue weighted by Gasteiger charge is 2.20. The molecule has 4 rings (SSSR count). The standard InChI is InChI=1S/C24H26BrClN2O2/c1-17-2-6-21(14-24(17)26)28-10-8-27(9-11-28)15-22(29)16-30-23-7-4-18-12-20(25)5-3-19(18)13-23/h2-7,12-14,22,29H,8-11,15-16H2,1H3. The van der Waals surface area contributed by atoms with Gasteiger partial charge in [-0.2, -0.15) is 0 Å². The minimum Gasteiger partial charge on any atom is -0.491 e. The summed E-state index contributed by atoms with van der Waals surface area (Å²) in [6, 6.07) is 18.4. The van der Waals surface area contributed by atoms with E-state index in [1.807, 2.05) is 37.3 Å². The summed E-state index contributed by atoms with van der Waals surface area (Å²) in [6.45, 7) is 6.59. The van der Waals surface area contributed by atoms with E-state index in [1.54, 1.807) is 0 Å². The molecule has 158 valence electrons. The normalized spacial score (nSPS) is 16.1. The van der Waals surface area contributed by atoms with Crippen LogP contribution in [0.25, 0.3) is 10.8 Å². The van der Waals surface area contributed by atoms with Gasteiger partial charge in [-0.3, -0.25) is 4.90 Å². The molecule has 0 radical (unpaired) electrons.